The highest BCUT2D eigenvalue weighted by atomic mass is 35.5. The minimum absolute atomic E-state index is 0. The molecule has 0 saturated carbocycles. The van der Waals surface area contributed by atoms with Crippen LogP contribution >= 0.6 is 24.8 Å². The average molecular weight is 390 g/mol. The number of piperazine rings is 1. The van der Waals surface area contributed by atoms with Gasteiger partial charge in [0.15, 0.2) is 0 Å². The van der Waals surface area contributed by atoms with Gasteiger partial charge in [0.25, 0.3) is 0 Å². The predicted molar refractivity (Wildman–Crippen MR) is 106 cm³/mol. The first-order chi connectivity index (χ1) is 11.3. The molecule has 0 bridgehead atoms. The van der Waals surface area contributed by atoms with Crippen molar-refractivity contribution < 1.29 is 4.79 Å². The molecule has 2 saturated heterocycles. The van der Waals surface area contributed by atoms with Crippen LogP contribution in [0.5, 0.6) is 0 Å². The second-order valence-corrected chi connectivity index (χ2v) is 6.50. The molecule has 1 N–H and O–H groups in total. The molecule has 3 rings (SSSR count). The topological polar surface area (TPSA) is 51.7 Å². The summed E-state index contributed by atoms with van der Waals surface area (Å²) in [6, 6.07) is 6.01. The summed E-state index contributed by atoms with van der Waals surface area (Å²) >= 11 is 0. The number of carbonyl (C=O) groups excluding carboxylic acids is 1. The zero-order valence-corrected chi connectivity index (χ0v) is 16.4. The lowest BCUT2D eigenvalue weighted by molar-refractivity contribution is -0.131. The van der Waals surface area contributed by atoms with E-state index in [0.717, 1.165) is 58.1 Å². The van der Waals surface area contributed by atoms with Gasteiger partial charge in [-0.25, -0.2) is 4.98 Å². The van der Waals surface area contributed by atoms with Crippen LogP contribution in [0.2, 0.25) is 0 Å². The fourth-order valence-electron chi connectivity index (χ4n) is 3.48. The lowest BCUT2D eigenvalue weighted by Crippen LogP contribution is -2.50. The van der Waals surface area contributed by atoms with Crippen molar-refractivity contribution in [3.8, 4) is 0 Å². The summed E-state index contributed by atoms with van der Waals surface area (Å²) in [5, 5.41) is 3.21. The van der Waals surface area contributed by atoms with Crippen molar-refractivity contribution in [3.05, 3.63) is 24.4 Å². The van der Waals surface area contributed by atoms with Gasteiger partial charge in [-0.2, -0.15) is 0 Å². The van der Waals surface area contributed by atoms with Crippen LogP contribution < -0.4 is 10.2 Å². The Morgan fingerprint density at radius 1 is 1.20 bits per heavy atom. The molecule has 1 aromatic rings. The maximum absolute atomic E-state index is 12.5. The number of hydrogen-bond acceptors (Lipinski definition) is 5. The largest absolute Gasteiger partial charge is 0.354 e. The highest BCUT2D eigenvalue weighted by Crippen LogP contribution is 2.16. The molecule has 0 aromatic carbocycles. The van der Waals surface area contributed by atoms with Crippen molar-refractivity contribution in [1.82, 2.24) is 20.1 Å². The molecule has 8 heteroatoms. The van der Waals surface area contributed by atoms with Gasteiger partial charge in [-0.05, 0) is 38.1 Å². The van der Waals surface area contributed by atoms with E-state index in [0.29, 0.717) is 12.5 Å². The maximum Gasteiger partial charge on any atom is 0.236 e. The van der Waals surface area contributed by atoms with Crippen LogP contribution in [-0.4, -0.2) is 80.1 Å². The van der Waals surface area contributed by atoms with E-state index in [4.69, 9.17) is 0 Å². The molecule has 142 valence electrons. The van der Waals surface area contributed by atoms with Crippen LogP contribution in [0.25, 0.3) is 0 Å². The molecule has 0 radical (unpaired) electrons. The number of hydrogen-bond donors (Lipinski definition) is 1. The van der Waals surface area contributed by atoms with E-state index in [1.165, 1.54) is 0 Å². The van der Waals surface area contributed by atoms with E-state index >= 15 is 0 Å². The van der Waals surface area contributed by atoms with Gasteiger partial charge in [-0.3, -0.25) is 9.69 Å². The van der Waals surface area contributed by atoms with Crippen LogP contribution in [0.15, 0.2) is 24.4 Å². The molecular weight excluding hydrogens is 361 g/mol. The number of amides is 1. The molecule has 25 heavy (non-hydrogen) atoms. The Morgan fingerprint density at radius 2 is 1.96 bits per heavy atom. The number of anilines is 1. The standard InChI is InChI=1S/C17H27N5O.2ClH/c1-18-12-15-5-7-22(13-15)17(23)14-20-8-10-21(11-9-20)16-4-2-3-6-19-16;;/h2-4,6,15,18H,5,7-14H2,1H3;2*1H. The highest BCUT2D eigenvalue weighted by Gasteiger charge is 2.27. The van der Waals surface area contributed by atoms with Crippen LogP contribution in [0.4, 0.5) is 5.82 Å². The maximum atomic E-state index is 12.5. The molecule has 2 fully saturated rings. The van der Waals surface area contributed by atoms with Crippen LogP contribution in [0.3, 0.4) is 0 Å². The van der Waals surface area contributed by atoms with Gasteiger partial charge in [-0.1, -0.05) is 6.07 Å². The fourth-order valence-corrected chi connectivity index (χ4v) is 3.48. The van der Waals surface area contributed by atoms with Crippen LogP contribution in [-0.2, 0) is 4.79 Å². The SMILES string of the molecule is CNCC1CCN(C(=O)CN2CCN(c3ccccn3)CC2)C1.Cl.Cl. The summed E-state index contributed by atoms with van der Waals surface area (Å²) in [4.78, 5) is 23.5. The molecule has 0 spiro atoms. The normalized spacial score (nSPS) is 20.8. The summed E-state index contributed by atoms with van der Waals surface area (Å²) in [6.07, 6.45) is 2.96. The third-order valence-corrected chi connectivity index (χ3v) is 4.84. The third kappa shape index (κ3) is 5.99. The number of pyridine rings is 1. The fraction of sp³-hybridized carbons (Fsp3) is 0.647. The van der Waals surface area contributed by atoms with Gasteiger partial charge in [0.1, 0.15) is 5.82 Å². The molecule has 3 heterocycles. The zero-order valence-electron chi connectivity index (χ0n) is 14.8. The van der Waals surface area contributed by atoms with Gasteiger partial charge in [0.05, 0.1) is 6.54 Å². The molecule has 6 nitrogen and oxygen atoms in total. The zero-order chi connectivity index (χ0) is 16.1. The van der Waals surface area contributed by atoms with E-state index in [9.17, 15) is 4.79 Å². The van der Waals surface area contributed by atoms with Crippen LogP contribution in [0.1, 0.15) is 6.42 Å². The summed E-state index contributed by atoms with van der Waals surface area (Å²) < 4.78 is 0. The van der Waals surface area contributed by atoms with Crippen molar-refractivity contribution >= 4 is 36.5 Å². The highest BCUT2D eigenvalue weighted by molar-refractivity contribution is 5.85. The van der Waals surface area contributed by atoms with E-state index in [2.05, 4.69) is 20.1 Å². The third-order valence-electron chi connectivity index (χ3n) is 4.84. The first-order valence-electron chi connectivity index (χ1n) is 8.57. The van der Waals surface area contributed by atoms with Gasteiger partial charge in [0.2, 0.25) is 5.91 Å². The van der Waals surface area contributed by atoms with Crippen molar-refractivity contribution in [2.24, 2.45) is 5.92 Å². The lowest BCUT2D eigenvalue weighted by Gasteiger charge is -2.35. The molecule has 1 aromatic heterocycles. The molecule has 1 atom stereocenters. The minimum atomic E-state index is 0. The average Bonchev–Trinajstić information content (AvgIpc) is 3.06. The Hall–Kier alpha value is -1.08. The van der Waals surface area contributed by atoms with Crippen molar-refractivity contribution in [3.63, 3.8) is 0 Å². The van der Waals surface area contributed by atoms with Crippen molar-refractivity contribution in [2.45, 2.75) is 6.42 Å². The Morgan fingerprint density at radius 3 is 2.60 bits per heavy atom. The number of likely N-dealkylation sites (tertiary alicyclic amines) is 1. The summed E-state index contributed by atoms with van der Waals surface area (Å²) in [6.45, 7) is 7.12. The molecule has 2 aliphatic rings. The monoisotopic (exact) mass is 389 g/mol. The summed E-state index contributed by atoms with van der Waals surface area (Å²) in [7, 11) is 1.98. The number of halogens is 2. The number of aromatic nitrogens is 1. The Bertz CT molecular complexity index is 511. The number of nitrogens with one attached hydrogen (secondary N) is 1. The Kier molecular flexibility index (Phi) is 9.50. The molecule has 1 unspecified atom stereocenters. The van der Waals surface area contributed by atoms with Gasteiger partial charge >= 0.3 is 0 Å². The Balaban J connectivity index is 0.00000156. The number of nitrogens with zero attached hydrogens (tertiary/aromatic N) is 4. The quantitative estimate of drug-likeness (QED) is 0.817. The summed E-state index contributed by atoms with van der Waals surface area (Å²) in [5.74, 6) is 1.94. The molecular formula is C17H29Cl2N5O. The van der Waals surface area contributed by atoms with Crippen molar-refractivity contribution in [1.29, 1.82) is 0 Å². The molecule has 1 amide bonds. The van der Waals surface area contributed by atoms with Gasteiger partial charge in [0, 0.05) is 45.5 Å². The smallest absolute Gasteiger partial charge is 0.236 e. The Labute approximate surface area is 162 Å². The van der Waals surface area contributed by atoms with Gasteiger partial charge < -0.3 is 15.1 Å². The number of carbonyl (C=O) groups is 1. The molecule has 2 aliphatic heterocycles. The minimum Gasteiger partial charge on any atom is -0.354 e. The second-order valence-electron chi connectivity index (χ2n) is 6.50. The van der Waals surface area contributed by atoms with E-state index < -0.39 is 0 Å². The molecule has 0 aliphatic carbocycles. The second kappa shape index (κ2) is 10.8. The lowest BCUT2D eigenvalue weighted by atomic mass is 10.1. The first-order valence-corrected chi connectivity index (χ1v) is 8.57. The van der Waals surface area contributed by atoms with Gasteiger partial charge in [-0.15, -0.1) is 24.8 Å². The van der Waals surface area contributed by atoms with Crippen molar-refractivity contribution in [2.75, 3.05) is 64.3 Å². The first kappa shape index (κ1) is 22.0. The van der Waals surface area contributed by atoms with E-state index in [-0.39, 0.29) is 30.7 Å². The van der Waals surface area contributed by atoms with E-state index in [1.54, 1.807) is 0 Å². The summed E-state index contributed by atoms with van der Waals surface area (Å²) in [5.41, 5.74) is 0. The predicted octanol–water partition coefficient (Wildman–Crippen LogP) is 1.12. The number of rotatable bonds is 5. The van der Waals surface area contributed by atoms with Crippen LogP contribution in [0, 0.1) is 5.92 Å². The van der Waals surface area contributed by atoms with E-state index in [1.807, 2.05) is 36.3 Å².